The van der Waals surface area contributed by atoms with Crippen molar-refractivity contribution in [2.75, 3.05) is 0 Å². The molecule has 1 aliphatic carbocycles. The normalized spacial score (nSPS) is 12.6. The third kappa shape index (κ3) is 6.75. The highest BCUT2D eigenvalue weighted by Gasteiger charge is 2.46. The fourth-order valence-corrected chi connectivity index (χ4v) is 11.9. The van der Waals surface area contributed by atoms with Crippen molar-refractivity contribution in [3.8, 4) is 78.7 Å². The molecule has 1 aliphatic rings. The summed E-state index contributed by atoms with van der Waals surface area (Å²) in [4.78, 5) is 15.8. The number of para-hydroxylation sites is 2. The summed E-state index contributed by atoms with van der Waals surface area (Å²) >= 11 is 0. The van der Waals surface area contributed by atoms with Crippen LogP contribution in [0.3, 0.4) is 0 Å². The predicted octanol–water partition coefficient (Wildman–Crippen LogP) is 18.0. The van der Waals surface area contributed by atoms with Gasteiger partial charge in [-0.25, -0.2) is 15.0 Å². The lowest BCUT2D eigenvalue weighted by molar-refractivity contribution is 0.668. The maximum absolute atomic E-state index is 6.62. The Hall–Kier alpha value is -9.97. The number of hydrogen-bond donors (Lipinski definition) is 0. The molecule has 11 aromatic carbocycles. The number of hydrogen-bond acceptors (Lipinski definition) is 5. The van der Waals surface area contributed by atoms with E-state index >= 15 is 0 Å². The second-order valence-electron chi connectivity index (χ2n) is 19.4. The summed E-state index contributed by atoms with van der Waals surface area (Å²) < 4.78 is 13.2. The van der Waals surface area contributed by atoms with Crippen molar-refractivity contribution in [3.05, 3.63) is 283 Å². The minimum absolute atomic E-state index is 0.465. The summed E-state index contributed by atoms with van der Waals surface area (Å²) in [7, 11) is 0. The molecular formula is C70H43N3O2. The van der Waals surface area contributed by atoms with Crippen molar-refractivity contribution in [2.24, 2.45) is 0 Å². The quantitative estimate of drug-likeness (QED) is 0.152. The third-order valence-electron chi connectivity index (χ3n) is 15.3. The number of benzene rings is 11. The van der Waals surface area contributed by atoms with E-state index in [1.54, 1.807) is 0 Å². The SMILES string of the molecule is c1ccc(-c2ccc(-c3nc(-c4cccc5c4oc4ccccc45)nc(-c4cccc5oc6ccc(-c7ccc(-c8cccc9c8-c8ccccc8C9(c8ccccc8)c8ccccc8)cc7)cc6c45)n3)cc2)cc1. The second kappa shape index (κ2) is 17.1. The zero-order valence-electron chi connectivity index (χ0n) is 40.5. The van der Waals surface area contributed by atoms with Gasteiger partial charge in [0, 0.05) is 32.7 Å². The molecule has 5 heteroatoms. The van der Waals surface area contributed by atoms with Crippen LogP contribution >= 0.6 is 0 Å². The summed E-state index contributed by atoms with van der Waals surface area (Å²) in [5, 5.41) is 3.97. The summed E-state index contributed by atoms with van der Waals surface area (Å²) in [6.45, 7) is 0. The Morgan fingerprint density at radius 2 is 0.773 bits per heavy atom. The van der Waals surface area contributed by atoms with Gasteiger partial charge in [0.05, 0.1) is 11.0 Å². The number of aromatic nitrogens is 3. The lowest BCUT2D eigenvalue weighted by Gasteiger charge is -2.34. The Morgan fingerprint density at radius 1 is 0.280 bits per heavy atom. The zero-order valence-corrected chi connectivity index (χ0v) is 40.5. The van der Waals surface area contributed by atoms with Crippen molar-refractivity contribution in [1.29, 1.82) is 0 Å². The van der Waals surface area contributed by atoms with Crippen LogP contribution < -0.4 is 0 Å². The molecule has 0 amide bonds. The van der Waals surface area contributed by atoms with Gasteiger partial charge in [-0.05, 0) is 97.1 Å². The molecule has 0 fully saturated rings. The molecule has 0 saturated carbocycles. The van der Waals surface area contributed by atoms with Crippen LogP contribution in [0, 0.1) is 0 Å². The van der Waals surface area contributed by atoms with Crippen molar-refractivity contribution in [2.45, 2.75) is 5.41 Å². The largest absolute Gasteiger partial charge is 0.456 e. The Labute approximate surface area is 432 Å². The van der Waals surface area contributed by atoms with E-state index < -0.39 is 5.41 Å². The van der Waals surface area contributed by atoms with Gasteiger partial charge < -0.3 is 8.83 Å². The highest BCUT2D eigenvalue weighted by atomic mass is 16.3. The molecule has 75 heavy (non-hydrogen) atoms. The molecule has 350 valence electrons. The minimum Gasteiger partial charge on any atom is -0.456 e. The van der Waals surface area contributed by atoms with Gasteiger partial charge in [-0.2, -0.15) is 0 Å². The van der Waals surface area contributed by atoms with Crippen LogP contribution in [0.2, 0.25) is 0 Å². The van der Waals surface area contributed by atoms with Gasteiger partial charge in [0.1, 0.15) is 22.3 Å². The molecule has 0 unspecified atom stereocenters. The minimum atomic E-state index is -0.465. The molecule has 3 heterocycles. The average Bonchev–Trinajstić information content (AvgIpc) is 4.28. The van der Waals surface area contributed by atoms with Crippen LogP contribution in [-0.4, -0.2) is 15.0 Å². The molecule has 0 bridgehead atoms. The van der Waals surface area contributed by atoms with Gasteiger partial charge in [-0.1, -0.05) is 231 Å². The predicted molar refractivity (Wildman–Crippen MR) is 304 cm³/mol. The first-order valence-corrected chi connectivity index (χ1v) is 25.4. The fourth-order valence-electron chi connectivity index (χ4n) is 11.9. The van der Waals surface area contributed by atoms with Crippen molar-refractivity contribution < 1.29 is 8.83 Å². The van der Waals surface area contributed by atoms with Gasteiger partial charge in [0.25, 0.3) is 0 Å². The Bertz CT molecular complexity index is 4460. The average molecular weight is 958 g/mol. The first kappa shape index (κ1) is 42.7. The molecule has 0 radical (unpaired) electrons. The van der Waals surface area contributed by atoms with Gasteiger partial charge in [0.15, 0.2) is 17.5 Å². The van der Waals surface area contributed by atoms with E-state index in [0.29, 0.717) is 17.5 Å². The van der Waals surface area contributed by atoms with E-state index in [4.69, 9.17) is 23.8 Å². The van der Waals surface area contributed by atoms with E-state index in [0.717, 1.165) is 88.4 Å². The zero-order chi connectivity index (χ0) is 49.5. The second-order valence-corrected chi connectivity index (χ2v) is 19.4. The summed E-state index contributed by atoms with van der Waals surface area (Å²) in [6.07, 6.45) is 0. The molecule has 15 rings (SSSR count). The van der Waals surface area contributed by atoms with E-state index in [1.807, 2.05) is 48.5 Å². The fraction of sp³-hybridized carbons (Fsp3) is 0.0143. The van der Waals surface area contributed by atoms with Crippen LogP contribution in [0.4, 0.5) is 0 Å². The highest BCUT2D eigenvalue weighted by molar-refractivity contribution is 6.13. The maximum Gasteiger partial charge on any atom is 0.167 e. The van der Waals surface area contributed by atoms with E-state index in [9.17, 15) is 0 Å². The topological polar surface area (TPSA) is 65.0 Å². The lowest BCUT2D eigenvalue weighted by atomic mass is 9.67. The Morgan fingerprint density at radius 3 is 1.55 bits per heavy atom. The van der Waals surface area contributed by atoms with Crippen LogP contribution in [0.15, 0.2) is 270 Å². The number of furan rings is 2. The summed E-state index contributed by atoms with van der Waals surface area (Å²) in [5.41, 5.74) is 19.6. The van der Waals surface area contributed by atoms with Gasteiger partial charge in [-0.15, -0.1) is 0 Å². The Kier molecular flexibility index (Phi) is 9.72. The molecule has 0 N–H and O–H groups in total. The van der Waals surface area contributed by atoms with Crippen molar-refractivity contribution >= 4 is 43.9 Å². The monoisotopic (exact) mass is 957 g/mol. The van der Waals surface area contributed by atoms with Gasteiger partial charge in [0.2, 0.25) is 0 Å². The number of nitrogens with zero attached hydrogens (tertiary/aromatic N) is 3. The van der Waals surface area contributed by atoms with E-state index in [2.05, 4.69) is 212 Å². The highest BCUT2D eigenvalue weighted by Crippen LogP contribution is 2.58. The standard InChI is InChI=1S/C70H43N3O2/c1-4-17-44(18-5-1)45-35-39-48(40-36-45)67-71-68(73-69(72-67)57-28-14-26-54-53-23-11-13-31-61(53)75-66(54)57)56-27-16-32-63-65(56)58-43-49(41-42-62(58)74-63)46-33-37-47(38-34-46)52-25-15-30-60-64(52)55-24-10-12-29-59(55)70(60,50-19-6-2-7-20-50)51-21-8-3-9-22-51/h1-43H. The lowest BCUT2D eigenvalue weighted by Crippen LogP contribution is -2.28. The first-order chi connectivity index (χ1) is 37.2. The van der Waals surface area contributed by atoms with Gasteiger partial charge in [-0.3, -0.25) is 0 Å². The van der Waals surface area contributed by atoms with Crippen LogP contribution in [-0.2, 0) is 5.41 Å². The molecule has 0 aliphatic heterocycles. The molecule has 0 atom stereocenters. The van der Waals surface area contributed by atoms with Crippen LogP contribution in [0.25, 0.3) is 123 Å². The maximum atomic E-state index is 6.62. The van der Waals surface area contributed by atoms with Gasteiger partial charge >= 0.3 is 0 Å². The van der Waals surface area contributed by atoms with E-state index in [1.165, 1.54) is 38.9 Å². The van der Waals surface area contributed by atoms with Crippen molar-refractivity contribution in [1.82, 2.24) is 15.0 Å². The Balaban J connectivity index is 0.852. The molecule has 5 nitrogen and oxygen atoms in total. The molecular weight excluding hydrogens is 915 g/mol. The number of fused-ring (bicyclic) bond motifs is 9. The molecule has 0 spiro atoms. The van der Waals surface area contributed by atoms with Crippen molar-refractivity contribution in [3.63, 3.8) is 0 Å². The van der Waals surface area contributed by atoms with Crippen LogP contribution in [0.5, 0.6) is 0 Å². The first-order valence-electron chi connectivity index (χ1n) is 25.4. The molecule has 0 saturated heterocycles. The van der Waals surface area contributed by atoms with E-state index in [-0.39, 0.29) is 0 Å². The third-order valence-corrected chi connectivity index (χ3v) is 15.3. The summed E-state index contributed by atoms with van der Waals surface area (Å²) in [6, 6.07) is 92.5. The smallest absolute Gasteiger partial charge is 0.167 e. The molecule has 3 aromatic heterocycles. The molecule has 14 aromatic rings. The van der Waals surface area contributed by atoms with Crippen LogP contribution in [0.1, 0.15) is 22.3 Å². The summed E-state index contributed by atoms with van der Waals surface area (Å²) in [5.74, 6) is 1.63. The number of rotatable bonds is 8.